The van der Waals surface area contributed by atoms with Crippen LogP contribution in [0, 0.1) is 0 Å². The summed E-state index contributed by atoms with van der Waals surface area (Å²) in [6.45, 7) is 4.82. The van der Waals surface area contributed by atoms with Crippen molar-refractivity contribution in [1.29, 1.82) is 0 Å². The summed E-state index contributed by atoms with van der Waals surface area (Å²) < 4.78 is 0. The van der Waals surface area contributed by atoms with Gasteiger partial charge in [0.15, 0.2) is 0 Å². The first-order valence-corrected chi connectivity index (χ1v) is 5.69. The Morgan fingerprint density at radius 2 is 2.36 bits per heavy atom. The summed E-state index contributed by atoms with van der Waals surface area (Å²) >= 11 is 0. The first-order chi connectivity index (χ1) is 6.68. The molecule has 1 rings (SSSR count). The Morgan fingerprint density at radius 3 is 2.93 bits per heavy atom. The lowest BCUT2D eigenvalue weighted by Gasteiger charge is -2.24. The Labute approximate surface area is 86.6 Å². The largest absolute Gasteiger partial charge is 0.354 e. The van der Waals surface area contributed by atoms with Crippen LogP contribution in [0.3, 0.4) is 0 Å². The van der Waals surface area contributed by atoms with Crippen LogP contribution in [0.5, 0.6) is 0 Å². The van der Waals surface area contributed by atoms with Gasteiger partial charge in [0.25, 0.3) is 0 Å². The van der Waals surface area contributed by atoms with Crippen molar-refractivity contribution < 1.29 is 4.79 Å². The fourth-order valence-electron chi connectivity index (χ4n) is 2.04. The molecule has 1 fully saturated rings. The van der Waals surface area contributed by atoms with Gasteiger partial charge >= 0.3 is 0 Å². The number of amides is 1. The van der Waals surface area contributed by atoms with Gasteiger partial charge in [-0.2, -0.15) is 0 Å². The number of rotatable bonds is 4. The lowest BCUT2D eigenvalue weighted by Crippen LogP contribution is -2.36. The number of carbonyl (C=O) groups is 1. The summed E-state index contributed by atoms with van der Waals surface area (Å²) in [6.07, 6.45) is 6.23. The van der Waals surface area contributed by atoms with Gasteiger partial charge in [-0.05, 0) is 39.2 Å². The van der Waals surface area contributed by atoms with Crippen molar-refractivity contribution in [2.24, 2.45) is 0 Å². The van der Waals surface area contributed by atoms with E-state index in [2.05, 4.69) is 17.6 Å². The van der Waals surface area contributed by atoms with Gasteiger partial charge < -0.3 is 10.6 Å². The molecule has 0 aromatic carbocycles. The zero-order valence-corrected chi connectivity index (χ0v) is 9.31. The molecule has 2 unspecified atom stereocenters. The molecule has 2 N–H and O–H groups in total. The molecule has 0 aliphatic carbocycles. The Kier molecular flexibility index (Phi) is 4.94. The summed E-state index contributed by atoms with van der Waals surface area (Å²) in [5.41, 5.74) is 0. The van der Waals surface area contributed by atoms with Gasteiger partial charge in [-0.1, -0.05) is 6.42 Å². The van der Waals surface area contributed by atoms with Gasteiger partial charge in [0.2, 0.25) is 5.91 Å². The molecule has 0 aromatic heterocycles. The minimum Gasteiger partial charge on any atom is -0.354 e. The van der Waals surface area contributed by atoms with Crippen LogP contribution in [0.1, 0.15) is 46.0 Å². The molecule has 0 radical (unpaired) electrons. The first-order valence-electron chi connectivity index (χ1n) is 5.69. The molecule has 3 nitrogen and oxygen atoms in total. The van der Waals surface area contributed by atoms with Gasteiger partial charge in [0.05, 0.1) is 0 Å². The lowest BCUT2D eigenvalue weighted by atomic mass is 9.99. The summed E-state index contributed by atoms with van der Waals surface area (Å²) in [7, 11) is 0. The number of carbonyl (C=O) groups excluding carboxylic acids is 1. The van der Waals surface area contributed by atoms with Crippen LogP contribution in [0.2, 0.25) is 0 Å². The fraction of sp³-hybridized carbons (Fsp3) is 0.909. The van der Waals surface area contributed by atoms with E-state index < -0.39 is 0 Å². The molecule has 0 spiro atoms. The summed E-state index contributed by atoms with van der Waals surface area (Å²) in [4.78, 5) is 10.8. The van der Waals surface area contributed by atoms with E-state index in [-0.39, 0.29) is 5.91 Å². The fourth-order valence-corrected chi connectivity index (χ4v) is 2.04. The molecule has 1 aliphatic heterocycles. The predicted molar refractivity (Wildman–Crippen MR) is 58.2 cm³/mol. The van der Waals surface area contributed by atoms with Gasteiger partial charge in [0.1, 0.15) is 0 Å². The molecular formula is C11H22N2O. The van der Waals surface area contributed by atoms with Crippen LogP contribution < -0.4 is 10.6 Å². The highest BCUT2D eigenvalue weighted by Crippen LogP contribution is 2.12. The molecule has 0 bridgehead atoms. The second kappa shape index (κ2) is 6.02. The molecule has 1 saturated heterocycles. The van der Waals surface area contributed by atoms with Crippen molar-refractivity contribution in [3.05, 3.63) is 0 Å². The lowest BCUT2D eigenvalue weighted by molar-refractivity contribution is -0.119. The Morgan fingerprint density at radius 1 is 1.57 bits per heavy atom. The number of hydrogen-bond donors (Lipinski definition) is 2. The van der Waals surface area contributed by atoms with Crippen LogP contribution in [-0.2, 0) is 4.79 Å². The highest BCUT2D eigenvalue weighted by molar-refractivity contribution is 5.73. The maximum absolute atomic E-state index is 10.8. The normalized spacial score (nSPS) is 24.3. The molecule has 1 heterocycles. The van der Waals surface area contributed by atoms with E-state index in [1.165, 1.54) is 32.2 Å². The van der Waals surface area contributed by atoms with E-state index in [1.54, 1.807) is 6.92 Å². The smallest absolute Gasteiger partial charge is 0.217 e. The second-order valence-corrected chi connectivity index (χ2v) is 4.33. The van der Waals surface area contributed by atoms with Gasteiger partial charge in [-0.25, -0.2) is 0 Å². The third-order valence-corrected chi connectivity index (χ3v) is 2.81. The third kappa shape index (κ3) is 4.61. The standard InChI is InChI=1S/C11H22N2O/c1-9(13-10(2)14)6-7-11-5-3-4-8-12-11/h9,11-12H,3-8H2,1-2H3,(H,13,14). The number of hydrogen-bond acceptors (Lipinski definition) is 2. The molecule has 0 aromatic rings. The molecule has 14 heavy (non-hydrogen) atoms. The second-order valence-electron chi connectivity index (χ2n) is 4.33. The predicted octanol–water partition coefficient (Wildman–Crippen LogP) is 1.43. The maximum atomic E-state index is 10.8. The third-order valence-electron chi connectivity index (χ3n) is 2.81. The summed E-state index contributed by atoms with van der Waals surface area (Å²) in [5.74, 6) is 0.0779. The van der Waals surface area contributed by atoms with E-state index in [9.17, 15) is 4.79 Å². The van der Waals surface area contributed by atoms with Crippen molar-refractivity contribution in [3.63, 3.8) is 0 Å². The van der Waals surface area contributed by atoms with Gasteiger partial charge in [0, 0.05) is 19.0 Å². The van der Waals surface area contributed by atoms with Gasteiger partial charge in [-0.15, -0.1) is 0 Å². The monoisotopic (exact) mass is 198 g/mol. The van der Waals surface area contributed by atoms with Crippen LogP contribution in [-0.4, -0.2) is 24.5 Å². The molecule has 3 heteroatoms. The SMILES string of the molecule is CC(=O)NC(C)CCC1CCCCN1. The van der Waals surface area contributed by atoms with Crippen molar-refractivity contribution in [1.82, 2.24) is 10.6 Å². The Balaban J connectivity index is 2.09. The van der Waals surface area contributed by atoms with Crippen molar-refractivity contribution >= 4 is 5.91 Å². The molecule has 0 saturated carbocycles. The van der Waals surface area contributed by atoms with E-state index in [1.807, 2.05) is 0 Å². The minimum absolute atomic E-state index is 0.0779. The first kappa shape index (κ1) is 11.5. The highest BCUT2D eigenvalue weighted by Gasteiger charge is 2.13. The van der Waals surface area contributed by atoms with Crippen LogP contribution in [0.4, 0.5) is 0 Å². The Hall–Kier alpha value is -0.570. The number of piperidine rings is 1. The van der Waals surface area contributed by atoms with E-state index >= 15 is 0 Å². The quantitative estimate of drug-likeness (QED) is 0.717. The van der Waals surface area contributed by atoms with E-state index in [0.717, 1.165) is 6.42 Å². The molecular weight excluding hydrogens is 176 g/mol. The van der Waals surface area contributed by atoms with E-state index in [4.69, 9.17) is 0 Å². The average molecular weight is 198 g/mol. The molecule has 82 valence electrons. The summed E-state index contributed by atoms with van der Waals surface area (Å²) in [5, 5.41) is 6.43. The van der Waals surface area contributed by atoms with Crippen molar-refractivity contribution in [2.75, 3.05) is 6.54 Å². The zero-order valence-electron chi connectivity index (χ0n) is 9.31. The average Bonchev–Trinajstić information content (AvgIpc) is 2.15. The minimum atomic E-state index is 0.0779. The topological polar surface area (TPSA) is 41.1 Å². The zero-order chi connectivity index (χ0) is 10.4. The summed E-state index contributed by atoms with van der Waals surface area (Å²) in [6, 6.07) is 0.996. The van der Waals surface area contributed by atoms with E-state index in [0.29, 0.717) is 12.1 Å². The number of nitrogens with one attached hydrogen (secondary N) is 2. The maximum Gasteiger partial charge on any atom is 0.217 e. The van der Waals surface area contributed by atoms with Gasteiger partial charge in [-0.3, -0.25) is 4.79 Å². The van der Waals surface area contributed by atoms with Crippen molar-refractivity contribution in [3.8, 4) is 0 Å². The Bertz CT molecular complexity index is 176. The highest BCUT2D eigenvalue weighted by atomic mass is 16.1. The van der Waals surface area contributed by atoms with Crippen LogP contribution in [0.25, 0.3) is 0 Å². The van der Waals surface area contributed by atoms with Crippen LogP contribution in [0.15, 0.2) is 0 Å². The molecule has 1 amide bonds. The van der Waals surface area contributed by atoms with Crippen LogP contribution >= 0.6 is 0 Å². The molecule has 1 aliphatic rings. The molecule has 2 atom stereocenters. The van der Waals surface area contributed by atoms with Crippen molar-refractivity contribution in [2.45, 2.75) is 58.0 Å².